The second kappa shape index (κ2) is 6.14. The average Bonchev–Trinajstić information content (AvgIpc) is 2.45. The van der Waals surface area contributed by atoms with Gasteiger partial charge in [-0.15, -0.1) is 5.10 Å². The van der Waals surface area contributed by atoms with Crippen LogP contribution in [0.2, 0.25) is 0 Å². The van der Waals surface area contributed by atoms with E-state index in [4.69, 9.17) is 0 Å². The maximum absolute atomic E-state index is 4.38. The van der Waals surface area contributed by atoms with Gasteiger partial charge in [-0.2, -0.15) is 5.10 Å². The molecule has 1 aliphatic rings. The summed E-state index contributed by atoms with van der Waals surface area (Å²) in [7, 11) is 0. The lowest BCUT2D eigenvalue weighted by Gasteiger charge is -2.40. The minimum absolute atomic E-state index is 0.0512. The second-order valence-electron chi connectivity index (χ2n) is 7.36. The first-order valence-electron chi connectivity index (χ1n) is 8.17. The number of pyridine rings is 1. The third-order valence-electron chi connectivity index (χ3n) is 4.19. The molecule has 3 heterocycles. The van der Waals surface area contributed by atoms with Crippen molar-refractivity contribution in [3.8, 4) is 0 Å². The molecule has 0 spiro atoms. The third kappa shape index (κ3) is 3.78. The highest BCUT2D eigenvalue weighted by atomic mass is 15.3. The van der Waals surface area contributed by atoms with E-state index in [0.29, 0.717) is 5.92 Å². The minimum atomic E-state index is 0.0512. The zero-order chi connectivity index (χ0) is 16.4. The molecule has 122 valence electrons. The Morgan fingerprint density at radius 3 is 2.57 bits per heavy atom. The van der Waals surface area contributed by atoms with Crippen LogP contribution in [0.5, 0.6) is 0 Å². The molecule has 5 heteroatoms. The van der Waals surface area contributed by atoms with Gasteiger partial charge in [-0.3, -0.25) is 4.98 Å². The lowest BCUT2D eigenvalue weighted by Crippen LogP contribution is -2.50. The van der Waals surface area contributed by atoms with Crippen LogP contribution in [-0.4, -0.2) is 34.8 Å². The van der Waals surface area contributed by atoms with E-state index in [1.54, 1.807) is 0 Å². The molecule has 2 aromatic heterocycles. The molecule has 1 aliphatic heterocycles. The second-order valence-corrected chi connectivity index (χ2v) is 7.36. The van der Waals surface area contributed by atoms with Crippen LogP contribution < -0.4 is 10.2 Å². The van der Waals surface area contributed by atoms with Crippen molar-refractivity contribution in [3.63, 3.8) is 0 Å². The van der Waals surface area contributed by atoms with E-state index in [1.165, 1.54) is 0 Å². The number of aryl methyl sites for hydroxylation is 1. The van der Waals surface area contributed by atoms with Crippen LogP contribution in [0.4, 0.5) is 11.5 Å². The summed E-state index contributed by atoms with van der Waals surface area (Å²) >= 11 is 0. The summed E-state index contributed by atoms with van der Waals surface area (Å²) < 4.78 is 0. The first-order valence-corrected chi connectivity index (χ1v) is 8.17. The minimum Gasteiger partial charge on any atom is -0.385 e. The Hall–Kier alpha value is -2.17. The van der Waals surface area contributed by atoms with Gasteiger partial charge in [0.2, 0.25) is 0 Å². The van der Waals surface area contributed by atoms with Gasteiger partial charge < -0.3 is 10.2 Å². The summed E-state index contributed by atoms with van der Waals surface area (Å²) in [6.07, 6.45) is 1.84. The van der Waals surface area contributed by atoms with Gasteiger partial charge in [0.05, 0.1) is 5.69 Å². The highest BCUT2D eigenvalue weighted by molar-refractivity contribution is 5.45. The lowest BCUT2D eigenvalue weighted by atomic mass is 9.92. The molecule has 0 radical (unpaired) electrons. The van der Waals surface area contributed by atoms with Gasteiger partial charge in [0.1, 0.15) is 0 Å². The molecule has 1 saturated heterocycles. The monoisotopic (exact) mass is 311 g/mol. The summed E-state index contributed by atoms with van der Waals surface area (Å²) in [4.78, 5) is 6.49. The normalized spacial score (nSPS) is 15.4. The number of anilines is 2. The number of hydrogen-bond donors (Lipinski definition) is 1. The average molecular weight is 311 g/mol. The number of rotatable bonds is 4. The fourth-order valence-electron chi connectivity index (χ4n) is 2.70. The van der Waals surface area contributed by atoms with E-state index in [1.807, 2.05) is 19.2 Å². The molecule has 0 unspecified atom stereocenters. The summed E-state index contributed by atoms with van der Waals surface area (Å²) in [6.45, 7) is 11.5. The smallest absolute Gasteiger partial charge is 0.151 e. The maximum Gasteiger partial charge on any atom is 0.151 e. The molecule has 23 heavy (non-hydrogen) atoms. The van der Waals surface area contributed by atoms with Crippen LogP contribution in [0.3, 0.4) is 0 Å². The molecular formula is C18H25N5. The Kier molecular flexibility index (Phi) is 4.20. The fourth-order valence-corrected chi connectivity index (χ4v) is 2.70. The van der Waals surface area contributed by atoms with E-state index in [-0.39, 0.29) is 5.41 Å². The van der Waals surface area contributed by atoms with Crippen molar-refractivity contribution >= 4 is 11.5 Å². The molecule has 1 N–H and O–H groups in total. The lowest BCUT2D eigenvalue weighted by molar-refractivity contribution is 0.424. The molecule has 2 aromatic rings. The largest absolute Gasteiger partial charge is 0.385 e. The molecule has 0 aliphatic carbocycles. The quantitative estimate of drug-likeness (QED) is 0.940. The van der Waals surface area contributed by atoms with E-state index >= 15 is 0 Å². The van der Waals surface area contributed by atoms with Gasteiger partial charge in [0.25, 0.3) is 0 Å². The molecule has 0 saturated carbocycles. The molecule has 5 nitrogen and oxygen atoms in total. The maximum atomic E-state index is 4.38. The van der Waals surface area contributed by atoms with Gasteiger partial charge in [-0.25, -0.2) is 0 Å². The van der Waals surface area contributed by atoms with E-state index < -0.39 is 0 Å². The molecule has 0 bridgehead atoms. The van der Waals surface area contributed by atoms with E-state index in [9.17, 15) is 0 Å². The summed E-state index contributed by atoms with van der Waals surface area (Å²) in [6, 6.07) is 8.27. The van der Waals surface area contributed by atoms with Gasteiger partial charge >= 0.3 is 0 Å². The van der Waals surface area contributed by atoms with Crippen molar-refractivity contribution in [2.45, 2.75) is 33.1 Å². The highest BCUT2D eigenvalue weighted by Gasteiger charge is 2.28. The summed E-state index contributed by atoms with van der Waals surface area (Å²) in [5.41, 5.74) is 3.27. The van der Waals surface area contributed by atoms with Crippen LogP contribution in [0.15, 0.2) is 30.5 Å². The summed E-state index contributed by atoms with van der Waals surface area (Å²) in [5.74, 6) is 1.63. The molecule has 3 rings (SSSR count). The number of nitrogens with zero attached hydrogens (tertiary/aromatic N) is 4. The van der Waals surface area contributed by atoms with Crippen LogP contribution in [0.1, 0.15) is 32.2 Å². The van der Waals surface area contributed by atoms with Gasteiger partial charge in [0.15, 0.2) is 5.82 Å². The third-order valence-corrected chi connectivity index (χ3v) is 4.19. The molecule has 1 fully saturated rings. The molecular weight excluding hydrogens is 286 g/mol. The van der Waals surface area contributed by atoms with E-state index in [0.717, 1.165) is 42.5 Å². The Labute approximate surface area is 138 Å². The topological polar surface area (TPSA) is 53.9 Å². The van der Waals surface area contributed by atoms with Crippen molar-refractivity contribution in [1.29, 1.82) is 0 Å². The molecule has 0 amide bonds. The highest BCUT2D eigenvalue weighted by Crippen LogP contribution is 2.25. The number of nitrogens with one attached hydrogen (secondary N) is 1. The first kappa shape index (κ1) is 15.7. The number of hydrogen-bond acceptors (Lipinski definition) is 5. The standard InChI is InChI=1S/C18H25N5/c1-13-9-15(7-8-19-13)20-10-14-11-23(12-14)17-6-5-16(21-22-17)18(2,3)4/h5-9,14H,10-12H2,1-4H3,(H,19,20). The van der Waals surface area contributed by atoms with Crippen LogP contribution in [-0.2, 0) is 5.41 Å². The zero-order valence-corrected chi connectivity index (χ0v) is 14.4. The predicted octanol–water partition coefficient (Wildman–Crippen LogP) is 3.03. The van der Waals surface area contributed by atoms with Crippen LogP contribution in [0, 0.1) is 12.8 Å². The van der Waals surface area contributed by atoms with Gasteiger partial charge in [-0.05, 0) is 31.2 Å². The molecule has 0 aromatic carbocycles. The summed E-state index contributed by atoms with van der Waals surface area (Å²) in [5, 5.41) is 12.2. The fraction of sp³-hybridized carbons (Fsp3) is 0.500. The van der Waals surface area contributed by atoms with E-state index in [2.05, 4.69) is 64.4 Å². The predicted molar refractivity (Wildman–Crippen MR) is 93.9 cm³/mol. The zero-order valence-electron chi connectivity index (χ0n) is 14.4. The van der Waals surface area contributed by atoms with Gasteiger partial charge in [0, 0.05) is 48.5 Å². The van der Waals surface area contributed by atoms with Gasteiger partial charge in [-0.1, -0.05) is 20.8 Å². The van der Waals surface area contributed by atoms with Crippen molar-refractivity contribution in [2.24, 2.45) is 5.92 Å². The Bertz CT molecular complexity index is 654. The Morgan fingerprint density at radius 1 is 1.17 bits per heavy atom. The van der Waals surface area contributed by atoms with Crippen LogP contribution >= 0.6 is 0 Å². The Balaban J connectivity index is 1.49. The first-order chi connectivity index (χ1) is 10.9. The van der Waals surface area contributed by atoms with Crippen LogP contribution in [0.25, 0.3) is 0 Å². The number of aromatic nitrogens is 3. The Morgan fingerprint density at radius 2 is 1.96 bits per heavy atom. The molecule has 0 atom stereocenters. The van der Waals surface area contributed by atoms with Crippen molar-refractivity contribution in [2.75, 3.05) is 29.9 Å². The van der Waals surface area contributed by atoms with Crippen molar-refractivity contribution < 1.29 is 0 Å². The van der Waals surface area contributed by atoms with Crippen molar-refractivity contribution in [3.05, 3.63) is 41.9 Å². The van der Waals surface area contributed by atoms with Crippen molar-refractivity contribution in [1.82, 2.24) is 15.2 Å². The SMILES string of the molecule is Cc1cc(NCC2CN(c3ccc(C(C)(C)C)nn3)C2)ccn1.